The molecule has 2 fully saturated rings. The number of halogens is 5. The minimum absolute atomic E-state index is 0. The third kappa shape index (κ3) is 7.70. The number of likely N-dealkylation sites (tertiary alicyclic amines) is 1. The highest BCUT2D eigenvalue weighted by Gasteiger charge is 2.45. The van der Waals surface area contributed by atoms with Crippen molar-refractivity contribution in [3.63, 3.8) is 0 Å². The fraction of sp³-hybridized carbons (Fsp3) is 0.379. The molecule has 1 amide bonds. The highest BCUT2D eigenvalue weighted by molar-refractivity contribution is 6.03. The van der Waals surface area contributed by atoms with Crippen molar-refractivity contribution >= 4 is 48.2 Å². The number of carboxylic acids is 1. The largest absolute Gasteiger partial charge is 0.481 e. The number of aliphatic carboxylic acids is 1. The van der Waals surface area contributed by atoms with E-state index in [0.717, 1.165) is 11.1 Å². The zero-order valence-electron chi connectivity index (χ0n) is 22.6. The van der Waals surface area contributed by atoms with Crippen molar-refractivity contribution in [3.8, 4) is 11.1 Å². The summed E-state index contributed by atoms with van der Waals surface area (Å²) >= 11 is 0. The number of nitrogens with zero attached hydrogens (tertiary/aromatic N) is 4. The first-order valence-electron chi connectivity index (χ1n) is 13.3. The molecule has 8 nitrogen and oxygen atoms in total. The molecule has 2 aliphatic rings. The Bertz CT molecular complexity index is 1350. The minimum Gasteiger partial charge on any atom is -0.481 e. The van der Waals surface area contributed by atoms with Gasteiger partial charge in [-0.2, -0.15) is 13.2 Å². The molecule has 0 unspecified atom stereocenters. The number of alkyl halides is 3. The van der Waals surface area contributed by atoms with E-state index in [9.17, 15) is 27.9 Å². The number of hydrogen-bond donors (Lipinski definition) is 2. The number of hydrogen-bond acceptors (Lipinski definition) is 6. The van der Waals surface area contributed by atoms with Crippen molar-refractivity contribution in [2.45, 2.75) is 44.4 Å². The summed E-state index contributed by atoms with van der Waals surface area (Å²) in [6.07, 6.45) is 0.145. The summed E-state index contributed by atoms with van der Waals surface area (Å²) in [5.41, 5.74) is 2.92. The maximum absolute atomic E-state index is 13.6. The number of piperidine rings is 1. The highest BCUT2D eigenvalue weighted by atomic mass is 35.5. The molecule has 0 saturated carbocycles. The lowest BCUT2D eigenvalue weighted by Crippen LogP contribution is -2.40. The van der Waals surface area contributed by atoms with Gasteiger partial charge in [0.1, 0.15) is 17.6 Å². The van der Waals surface area contributed by atoms with E-state index >= 15 is 0 Å². The number of carbonyl (C=O) groups is 2. The number of benzene rings is 2. The van der Waals surface area contributed by atoms with Crippen LogP contribution in [0.2, 0.25) is 0 Å². The maximum atomic E-state index is 13.6. The van der Waals surface area contributed by atoms with E-state index in [1.165, 1.54) is 17.3 Å². The van der Waals surface area contributed by atoms with Crippen LogP contribution in [0.4, 0.5) is 24.7 Å². The molecule has 1 aromatic heterocycles. The van der Waals surface area contributed by atoms with Gasteiger partial charge in [0, 0.05) is 25.3 Å². The molecule has 13 heteroatoms. The lowest BCUT2D eigenvalue weighted by molar-refractivity contribution is -0.177. The van der Waals surface area contributed by atoms with Gasteiger partial charge < -0.3 is 15.3 Å². The van der Waals surface area contributed by atoms with Crippen molar-refractivity contribution in [2.24, 2.45) is 5.92 Å². The van der Waals surface area contributed by atoms with Crippen LogP contribution in [0.25, 0.3) is 11.1 Å². The Kier molecular flexibility index (Phi) is 11.2. The molecule has 1 atom stereocenters. The lowest BCUT2D eigenvalue weighted by Gasteiger charge is -2.30. The number of carbonyl (C=O) groups excluding carboxylic acids is 1. The predicted octanol–water partition coefficient (Wildman–Crippen LogP) is 6.07. The Labute approximate surface area is 254 Å². The van der Waals surface area contributed by atoms with Gasteiger partial charge in [-0.25, -0.2) is 9.97 Å². The second-order valence-electron chi connectivity index (χ2n) is 10.2. The molecule has 2 aliphatic heterocycles. The summed E-state index contributed by atoms with van der Waals surface area (Å²) in [6, 6.07) is 13.2. The molecular formula is C29H32Cl2F3N5O3. The Morgan fingerprint density at radius 3 is 2.29 bits per heavy atom. The third-order valence-electron chi connectivity index (χ3n) is 7.60. The molecule has 0 bridgehead atoms. The standard InChI is InChI=1S/C29H30F3N5O3.2ClH/c30-29(31,32)25-7-4-12-37(25)18-21-15-22(8-9-23(21)19-5-2-1-3-6-19)35-27(38)24-16-34-26(17-33-24)36-13-10-20(11-14-36)28(39)40;;/h1-3,5-6,8-9,15-17,20,25H,4,7,10-14,18H2,(H,35,38)(H,39,40);2*1H/t25-;;/m0../s1. The Hall–Kier alpha value is -3.41. The van der Waals surface area contributed by atoms with Crippen molar-refractivity contribution in [1.29, 1.82) is 0 Å². The van der Waals surface area contributed by atoms with Crippen LogP contribution in [0, 0.1) is 5.92 Å². The van der Waals surface area contributed by atoms with Crippen LogP contribution in [0.15, 0.2) is 60.9 Å². The molecule has 2 N–H and O–H groups in total. The van der Waals surface area contributed by atoms with Crippen molar-refractivity contribution in [1.82, 2.24) is 14.9 Å². The molecule has 3 aromatic rings. The third-order valence-corrected chi connectivity index (χ3v) is 7.60. The number of nitrogens with one attached hydrogen (secondary N) is 1. The van der Waals surface area contributed by atoms with Gasteiger partial charge in [0.25, 0.3) is 5.91 Å². The fourth-order valence-corrected chi connectivity index (χ4v) is 5.46. The van der Waals surface area contributed by atoms with Gasteiger partial charge in [-0.1, -0.05) is 36.4 Å². The molecule has 0 aliphatic carbocycles. The smallest absolute Gasteiger partial charge is 0.404 e. The zero-order chi connectivity index (χ0) is 28.3. The molecule has 0 spiro atoms. The van der Waals surface area contributed by atoms with Gasteiger partial charge in [-0.3, -0.25) is 14.5 Å². The Morgan fingerprint density at radius 2 is 1.67 bits per heavy atom. The van der Waals surface area contributed by atoms with Gasteiger partial charge >= 0.3 is 12.1 Å². The highest BCUT2D eigenvalue weighted by Crippen LogP contribution is 2.36. The topological polar surface area (TPSA) is 98.7 Å². The van der Waals surface area contributed by atoms with E-state index in [4.69, 9.17) is 0 Å². The fourth-order valence-electron chi connectivity index (χ4n) is 5.46. The number of anilines is 2. The predicted molar refractivity (Wildman–Crippen MR) is 158 cm³/mol. The quantitative estimate of drug-likeness (QED) is 0.329. The second kappa shape index (κ2) is 14.2. The maximum Gasteiger partial charge on any atom is 0.404 e. The summed E-state index contributed by atoms with van der Waals surface area (Å²) in [4.78, 5) is 36.1. The van der Waals surface area contributed by atoms with Crippen molar-refractivity contribution < 1.29 is 27.9 Å². The number of carboxylic acid groups (broad SMARTS) is 1. The van der Waals surface area contributed by atoms with E-state index in [2.05, 4.69) is 15.3 Å². The van der Waals surface area contributed by atoms with E-state index in [0.29, 0.717) is 56.0 Å². The number of rotatable bonds is 7. The van der Waals surface area contributed by atoms with Crippen molar-refractivity contribution in [2.75, 3.05) is 29.9 Å². The monoisotopic (exact) mass is 625 g/mol. The van der Waals surface area contributed by atoms with E-state index in [-0.39, 0.29) is 49.4 Å². The first-order chi connectivity index (χ1) is 19.2. The van der Waals surface area contributed by atoms with Crippen LogP contribution in [-0.2, 0) is 11.3 Å². The van der Waals surface area contributed by atoms with Crippen molar-refractivity contribution in [3.05, 3.63) is 72.2 Å². The summed E-state index contributed by atoms with van der Waals surface area (Å²) < 4.78 is 40.9. The summed E-state index contributed by atoms with van der Waals surface area (Å²) in [5, 5.41) is 12.0. The van der Waals surface area contributed by atoms with Gasteiger partial charge in [0.2, 0.25) is 0 Å². The molecule has 42 heavy (non-hydrogen) atoms. The molecule has 5 rings (SSSR count). The molecule has 2 saturated heterocycles. The first kappa shape index (κ1) is 33.1. The van der Waals surface area contributed by atoms with E-state index < -0.39 is 24.1 Å². The van der Waals surface area contributed by atoms with Crippen LogP contribution in [0.1, 0.15) is 41.7 Å². The van der Waals surface area contributed by atoms with Crippen LogP contribution >= 0.6 is 24.8 Å². The Morgan fingerprint density at radius 1 is 0.952 bits per heavy atom. The van der Waals surface area contributed by atoms with Crippen LogP contribution in [-0.4, -0.2) is 63.7 Å². The van der Waals surface area contributed by atoms with E-state index in [1.54, 1.807) is 12.1 Å². The Balaban J connectivity index is 0.00000242. The second-order valence-corrected chi connectivity index (χ2v) is 10.2. The van der Waals surface area contributed by atoms with Gasteiger partial charge in [0.05, 0.1) is 18.3 Å². The number of aromatic nitrogens is 2. The van der Waals surface area contributed by atoms with E-state index in [1.807, 2.05) is 41.3 Å². The summed E-state index contributed by atoms with van der Waals surface area (Å²) in [6.45, 7) is 1.54. The molecular weight excluding hydrogens is 594 g/mol. The summed E-state index contributed by atoms with van der Waals surface area (Å²) in [5.74, 6) is -1.08. The average molecular weight is 627 g/mol. The van der Waals surface area contributed by atoms with Crippen LogP contribution < -0.4 is 10.2 Å². The molecule has 2 aromatic carbocycles. The van der Waals surface area contributed by atoms with Gasteiger partial charge in [0.15, 0.2) is 0 Å². The first-order valence-corrected chi connectivity index (χ1v) is 13.3. The normalized spacial score (nSPS) is 17.7. The molecule has 3 heterocycles. The average Bonchev–Trinajstić information content (AvgIpc) is 3.43. The lowest BCUT2D eigenvalue weighted by atomic mass is 9.97. The molecule has 0 radical (unpaired) electrons. The minimum atomic E-state index is -4.30. The van der Waals surface area contributed by atoms with Crippen LogP contribution in [0.5, 0.6) is 0 Å². The summed E-state index contributed by atoms with van der Waals surface area (Å²) in [7, 11) is 0. The zero-order valence-corrected chi connectivity index (χ0v) is 24.2. The van der Waals surface area contributed by atoms with Gasteiger partial charge in [-0.15, -0.1) is 24.8 Å². The molecule has 226 valence electrons. The van der Waals surface area contributed by atoms with Crippen LogP contribution in [0.3, 0.4) is 0 Å². The SMILES string of the molecule is Cl.Cl.O=C(Nc1ccc(-c2ccccc2)c(CN2CCC[C@H]2C(F)(F)F)c1)c1cnc(N2CCC(C(=O)O)CC2)cn1. The number of amides is 1. The van der Waals surface area contributed by atoms with Gasteiger partial charge in [-0.05, 0) is 61.1 Å².